The van der Waals surface area contributed by atoms with E-state index < -0.39 is 0 Å². The van der Waals surface area contributed by atoms with Crippen molar-refractivity contribution in [3.63, 3.8) is 0 Å². The van der Waals surface area contributed by atoms with E-state index >= 15 is 0 Å². The van der Waals surface area contributed by atoms with Crippen LogP contribution in [0.15, 0.2) is 17.1 Å². The van der Waals surface area contributed by atoms with Crippen molar-refractivity contribution in [1.29, 1.82) is 0 Å². The lowest BCUT2D eigenvalue weighted by molar-refractivity contribution is -0.123. The van der Waals surface area contributed by atoms with Gasteiger partial charge in [-0.15, -0.1) is 0 Å². The van der Waals surface area contributed by atoms with Gasteiger partial charge in [-0.05, 0) is 50.0 Å². The third kappa shape index (κ3) is 4.07. The van der Waals surface area contributed by atoms with Gasteiger partial charge < -0.3 is 10.2 Å². The number of aromatic nitrogens is 4. The summed E-state index contributed by atoms with van der Waals surface area (Å²) in [5.74, 6) is 1.11. The molecule has 8 nitrogen and oxygen atoms in total. The molecule has 8 heteroatoms. The number of rotatable bonds is 4. The molecule has 2 aromatic heterocycles. The smallest absolute Gasteiger partial charge is 0.267 e. The fourth-order valence-corrected chi connectivity index (χ4v) is 5.09. The van der Waals surface area contributed by atoms with E-state index in [4.69, 9.17) is 4.98 Å². The predicted octanol–water partition coefficient (Wildman–Crippen LogP) is 2.09. The summed E-state index contributed by atoms with van der Waals surface area (Å²) in [6, 6.07) is 1.81. The highest BCUT2D eigenvalue weighted by Gasteiger charge is 2.25. The number of nitrogens with zero attached hydrogens (tertiary/aromatic N) is 5. The number of hydrogen-bond acceptors (Lipinski definition) is 6. The van der Waals surface area contributed by atoms with Gasteiger partial charge in [0.1, 0.15) is 6.54 Å². The molecular formula is C23H30N6O2. The first-order chi connectivity index (χ1) is 15.1. The lowest BCUT2D eigenvalue weighted by Crippen LogP contribution is -2.44. The van der Waals surface area contributed by atoms with Gasteiger partial charge in [0.25, 0.3) is 5.56 Å². The number of hydrogen-bond donors (Lipinski definition) is 1. The quantitative estimate of drug-likeness (QED) is 0.811. The molecule has 1 N–H and O–H groups in total. The Bertz CT molecular complexity index is 1040. The highest BCUT2D eigenvalue weighted by molar-refractivity contribution is 5.76. The molecule has 1 aliphatic heterocycles. The zero-order valence-corrected chi connectivity index (χ0v) is 18.1. The Hall–Kier alpha value is -2.77. The highest BCUT2D eigenvalue weighted by Crippen LogP contribution is 2.31. The van der Waals surface area contributed by atoms with Gasteiger partial charge in [0, 0.05) is 37.0 Å². The largest absolute Gasteiger partial charge is 0.351 e. The van der Waals surface area contributed by atoms with Crippen molar-refractivity contribution < 1.29 is 4.79 Å². The molecule has 2 aromatic rings. The Labute approximate surface area is 182 Å². The summed E-state index contributed by atoms with van der Waals surface area (Å²) in [4.78, 5) is 36.9. The third-order valence-electron chi connectivity index (χ3n) is 6.96. The van der Waals surface area contributed by atoms with Crippen LogP contribution in [-0.2, 0) is 24.2 Å². The second-order valence-electron chi connectivity index (χ2n) is 9.17. The summed E-state index contributed by atoms with van der Waals surface area (Å²) in [5.41, 5.74) is 3.26. The maximum Gasteiger partial charge on any atom is 0.267 e. The van der Waals surface area contributed by atoms with Crippen molar-refractivity contribution in [2.75, 3.05) is 18.0 Å². The van der Waals surface area contributed by atoms with Crippen LogP contribution in [-0.4, -0.2) is 44.8 Å². The Balaban J connectivity index is 1.38. The minimum Gasteiger partial charge on any atom is -0.351 e. The molecule has 0 spiro atoms. The number of fused-ring (bicyclic) bond motifs is 3. The molecule has 5 rings (SSSR count). The molecule has 0 unspecified atom stereocenters. The maximum atomic E-state index is 12.6. The number of carbonyl (C=O) groups excluding carboxylic acids is 1. The minimum atomic E-state index is -0.233. The predicted molar refractivity (Wildman–Crippen MR) is 118 cm³/mol. The fraction of sp³-hybridized carbons (Fsp3) is 0.609. The molecule has 3 aliphatic rings. The van der Waals surface area contributed by atoms with Crippen LogP contribution in [0.2, 0.25) is 0 Å². The Morgan fingerprint density at radius 1 is 1.16 bits per heavy atom. The number of aryl methyl sites for hydroxylation is 2. The molecule has 2 atom stereocenters. The van der Waals surface area contributed by atoms with Gasteiger partial charge in [0.2, 0.25) is 11.9 Å². The molecule has 1 saturated heterocycles. The van der Waals surface area contributed by atoms with Gasteiger partial charge in [-0.2, -0.15) is 5.10 Å². The van der Waals surface area contributed by atoms with Crippen molar-refractivity contribution in [1.82, 2.24) is 25.1 Å². The fourth-order valence-electron chi connectivity index (χ4n) is 5.09. The van der Waals surface area contributed by atoms with Gasteiger partial charge >= 0.3 is 0 Å². The lowest BCUT2D eigenvalue weighted by atomic mass is 9.86. The average Bonchev–Trinajstić information content (AvgIpc) is 3.30. The van der Waals surface area contributed by atoms with Crippen molar-refractivity contribution in [3.05, 3.63) is 33.9 Å². The van der Waals surface area contributed by atoms with Gasteiger partial charge in [-0.1, -0.05) is 19.8 Å². The molecule has 1 saturated carbocycles. The van der Waals surface area contributed by atoms with Crippen molar-refractivity contribution >= 4 is 11.9 Å². The maximum absolute atomic E-state index is 12.6. The van der Waals surface area contributed by atoms with Crippen LogP contribution in [0.4, 0.5) is 5.95 Å². The molecule has 164 valence electrons. The first kappa shape index (κ1) is 20.2. The molecule has 0 radical (unpaired) electrons. The van der Waals surface area contributed by atoms with Gasteiger partial charge in [-0.25, -0.2) is 14.6 Å². The lowest BCUT2D eigenvalue weighted by Gasteiger charge is -2.29. The van der Waals surface area contributed by atoms with E-state index in [1.165, 1.54) is 23.9 Å². The van der Waals surface area contributed by atoms with Gasteiger partial charge in [0.05, 0.1) is 11.4 Å². The van der Waals surface area contributed by atoms with E-state index in [1.807, 2.05) is 6.20 Å². The highest BCUT2D eigenvalue weighted by atomic mass is 16.2. The van der Waals surface area contributed by atoms with Crippen molar-refractivity contribution in [3.8, 4) is 11.3 Å². The van der Waals surface area contributed by atoms with Crippen LogP contribution in [0.1, 0.15) is 56.7 Å². The van der Waals surface area contributed by atoms with E-state index in [0.29, 0.717) is 5.92 Å². The van der Waals surface area contributed by atoms with Gasteiger partial charge in [-0.3, -0.25) is 9.59 Å². The molecule has 3 heterocycles. The van der Waals surface area contributed by atoms with E-state index in [9.17, 15) is 9.59 Å². The first-order valence-corrected chi connectivity index (χ1v) is 11.6. The van der Waals surface area contributed by atoms with Crippen LogP contribution < -0.4 is 15.8 Å². The number of nitrogens with one attached hydrogen (secondary N) is 1. The van der Waals surface area contributed by atoms with E-state index in [-0.39, 0.29) is 24.1 Å². The molecule has 2 fully saturated rings. The molecule has 0 bridgehead atoms. The van der Waals surface area contributed by atoms with E-state index in [0.717, 1.165) is 73.7 Å². The number of anilines is 1. The third-order valence-corrected chi connectivity index (χ3v) is 6.96. The molecule has 0 aromatic carbocycles. The summed E-state index contributed by atoms with van der Waals surface area (Å²) >= 11 is 0. The molecule has 1 amide bonds. The second-order valence-corrected chi connectivity index (χ2v) is 9.17. The topological polar surface area (TPSA) is 93.0 Å². The monoisotopic (exact) mass is 422 g/mol. The van der Waals surface area contributed by atoms with Crippen LogP contribution in [0.3, 0.4) is 0 Å². The normalized spacial score (nSPS) is 22.7. The van der Waals surface area contributed by atoms with Crippen LogP contribution in [0.25, 0.3) is 11.3 Å². The first-order valence-electron chi connectivity index (χ1n) is 11.6. The van der Waals surface area contributed by atoms with Crippen LogP contribution in [0, 0.1) is 5.92 Å². The van der Waals surface area contributed by atoms with Crippen molar-refractivity contribution in [2.45, 2.75) is 70.9 Å². The summed E-state index contributed by atoms with van der Waals surface area (Å²) in [6.07, 6.45) is 10.2. The SMILES string of the molecule is C[C@@H]1CCCC[C@@H]1NC(=O)Cn1nc2c(cc1=O)CCc1nc(N3CCCC3)ncc1-2. The van der Waals surface area contributed by atoms with E-state index in [1.54, 1.807) is 6.07 Å². The number of amides is 1. The zero-order chi connectivity index (χ0) is 21.4. The van der Waals surface area contributed by atoms with Crippen molar-refractivity contribution in [2.24, 2.45) is 5.92 Å². The Kier molecular flexibility index (Phi) is 5.46. The summed E-state index contributed by atoms with van der Waals surface area (Å²) in [7, 11) is 0. The standard InChI is InChI=1S/C23H30N6O2/c1-15-6-2-3-7-18(15)25-20(30)14-29-21(31)12-16-8-9-19-17(22(16)27-29)13-24-23(26-19)28-10-4-5-11-28/h12-13,15,18H,2-11,14H2,1H3,(H,25,30)/t15-,18+/m1/s1. The average molecular weight is 423 g/mol. The summed E-state index contributed by atoms with van der Waals surface area (Å²) in [6.45, 7) is 4.13. The molecular weight excluding hydrogens is 392 g/mol. The Morgan fingerprint density at radius 3 is 2.77 bits per heavy atom. The van der Waals surface area contributed by atoms with E-state index in [2.05, 4.69) is 27.2 Å². The van der Waals surface area contributed by atoms with Crippen LogP contribution in [0.5, 0.6) is 0 Å². The zero-order valence-electron chi connectivity index (χ0n) is 18.1. The minimum absolute atomic E-state index is 0.0581. The molecule has 31 heavy (non-hydrogen) atoms. The Morgan fingerprint density at radius 2 is 1.97 bits per heavy atom. The molecule has 2 aliphatic carbocycles. The van der Waals surface area contributed by atoms with Gasteiger partial charge in [0.15, 0.2) is 0 Å². The summed E-state index contributed by atoms with van der Waals surface area (Å²) in [5, 5.41) is 7.70. The number of carbonyl (C=O) groups is 1. The summed E-state index contributed by atoms with van der Waals surface area (Å²) < 4.78 is 1.28. The second kappa shape index (κ2) is 8.40. The van der Waals surface area contributed by atoms with Crippen LogP contribution >= 0.6 is 0 Å².